The molecule has 20 heavy (non-hydrogen) atoms. The zero-order valence-corrected chi connectivity index (χ0v) is 14.2. The first kappa shape index (κ1) is 15.8. The van der Waals surface area contributed by atoms with Crippen LogP contribution in [0.25, 0.3) is 0 Å². The van der Waals surface area contributed by atoms with E-state index in [1.165, 1.54) is 0 Å². The second kappa shape index (κ2) is 7.43. The molecule has 2 rings (SSSR count). The Balaban J connectivity index is 1.84. The van der Waals surface area contributed by atoms with Gasteiger partial charge in [0.05, 0.1) is 0 Å². The number of rotatable bonds is 5. The summed E-state index contributed by atoms with van der Waals surface area (Å²) in [7, 11) is 0. The lowest BCUT2D eigenvalue weighted by atomic mass is 9.99. The molecule has 3 nitrogen and oxygen atoms in total. The molecule has 1 aromatic carbocycles. The zero-order chi connectivity index (χ0) is 14.5. The molecule has 1 aliphatic heterocycles. The van der Waals surface area contributed by atoms with Gasteiger partial charge in [0, 0.05) is 36.2 Å². The Morgan fingerprint density at radius 2 is 2.25 bits per heavy atom. The fourth-order valence-electron chi connectivity index (χ4n) is 2.75. The number of nitrogens with one attached hydrogen (secondary N) is 1. The standard InChI is InChI=1S/C16H25BrN2O/c1-12(2)16-10-18-13(3)11-19(16)7-8-20-15-6-4-5-14(17)9-15/h4-6,9,12-13,16,18H,7-8,10-11H2,1-3H3. The highest BCUT2D eigenvalue weighted by atomic mass is 79.9. The minimum absolute atomic E-state index is 0.566. The normalized spacial score (nSPS) is 24.1. The van der Waals surface area contributed by atoms with Crippen molar-refractivity contribution in [1.82, 2.24) is 10.2 Å². The SMILES string of the molecule is CC1CN(CCOc2cccc(Br)c2)C(C(C)C)CN1. The topological polar surface area (TPSA) is 24.5 Å². The van der Waals surface area contributed by atoms with E-state index in [1.807, 2.05) is 24.3 Å². The van der Waals surface area contributed by atoms with Crippen LogP contribution in [0.1, 0.15) is 20.8 Å². The average molecular weight is 341 g/mol. The van der Waals surface area contributed by atoms with Crippen LogP contribution in [-0.2, 0) is 0 Å². The van der Waals surface area contributed by atoms with Crippen molar-refractivity contribution in [3.63, 3.8) is 0 Å². The number of halogens is 1. The van der Waals surface area contributed by atoms with Gasteiger partial charge in [0.2, 0.25) is 0 Å². The molecule has 0 amide bonds. The molecule has 1 aromatic rings. The molecule has 0 aliphatic carbocycles. The van der Waals surface area contributed by atoms with Gasteiger partial charge in [-0.25, -0.2) is 0 Å². The van der Waals surface area contributed by atoms with E-state index in [1.54, 1.807) is 0 Å². The van der Waals surface area contributed by atoms with Crippen LogP contribution in [-0.4, -0.2) is 43.2 Å². The molecule has 4 heteroatoms. The predicted octanol–water partition coefficient (Wildman–Crippen LogP) is 3.15. The first-order valence-electron chi connectivity index (χ1n) is 7.42. The van der Waals surface area contributed by atoms with E-state index in [9.17, 15) is 0 Å². The van der Waals surface area contributed by atoms with Crippen molar-refractivity contribution in [1.29, 1.82) is 0 Å². The van der Waals surface area contributed by atoms with E-state index in [4.69, 9.17) is 4.74 Å². The van der Waals surface area contributed by atoms with Crippen molar-refractivity contribution in [2.24, 2.45) is 5.92 Å². The Bertz CT molecular complexity index is 425. The monoisotopic (exact) mass is 340 g/mol. The lowest BCUT2D eigenvalue weighted by Gasteiger charge is -2.41. The smallest absolute Gasteiger partial charge is 0.120 e. The third-order valence-electron chi connectivity index (χ3n) is 3.87. The first-order chi connectivity index (χ1) is 9.56. The molecular weight excluding hydrogens is 316 g/mol. The molecule has 2 atom stereocenters. The van der Waals surface area contributed by atoms with E-state index in [0.717, 1.165) is 36.5 Å². The molecule has 1 saturated heterocycles. The highest BCUT2D eigenvalue weighted by Gasteiger charge is 2.27. The highest BCUT2D eigenvalue weighted by Crippen LogP contribution is 2.18. The summed E-state index contributed by atoms with van der Waals surface area (Å²) < 4.78 is 6.92. The van der Waals surface area contributed by atoms with Crippen LogP contribution < -0.4 is 10.1 Å². The Morgan fingerprint density at radius 1 is 1.45 bits per heavy atom. The summed E-state index contributed by atoms with van der Waals surface area (Å²) >= 11 is 3.47. The maximum atomic E-state index is 5.86. The fraction of sp³-hybridized carbons (Fsp3) is 0.625. The minimum atomic E-state index is 0.566. The number of nitrogens with zero attached hydrogens (tertiary/aromatic N) is 1. The summed E-state index contributed by atoms with van der Waals surface area (Å²) in [6, 6.07) is 9.21. The minimum Gasteiger partial charge on any atom is -0.492 e. The average Bonchev–Trinajstić information content (AvgIpc) is 2.38. The van der Waals surface area contributed by atoms with Gasteiger partial charge in [-0.15, -0.1) is 0 Å². The van der Waals surface area contributed by atoms with Crippen LogP contribution in [0.2, 0.25) is 0 Å². The van der Waals surface area contributed by atoms with E-state index in [-0.39, 0.29) is 0 Å². The van der Waals surface area contributed by atoms with Gasteiger partial charge in [-0.05, 0) is 31.0 Å². The first-order valence-corrected chi connectivity index (χ1v) is 8.21. The molecule has 112 valence electrons. The predicted molar refractivity (Wildman–Crippen MR) is 87.3 cm³/mol. The number of benzene rings is 1. The summed E-state index contributed by atoms with van der Waals surface area (Å²) in [5.41, 5.74) is 0. The van der Waals surface area contributed by atoms with Crippen molar-refractivity contribution in [3.05, 3.63) is 28.7 Å². The molecule has 1 heterocycles. The van der Waals surface area contributed by atoms with Crippen LogP contribution >= 0.6 is 15.9 Å². The third kappa shape index (κ3) is 4.47. The Hall–Kier alpha value is -0.580. The van der Waals surface area contributed by atoms with Gasteiger partial charge < -0.3 is 10.1 Å². The molecular formula is C16H25BrN2O. The molecule has 0 aromatic heterocycles. The van der Waals surface area contributed by atoms with Crippen LogP contribution in [0.4, 0.5) is 0 Å². The van der Waals surface area contributed by atoms with Crippen molar-refractivity contribution < 1.29 is 4.74 Å². The van der Waals surface area contributed by atoms with Gasteiger partial charge in [0.1, 0.15) is 12.4 Å². The van der Waals surface area contributed by atoms with Crippen LogP contribution in [0.15, 0.2) is 28.7 Å². The van der Waals surface area contributed by atoms with E-state index in [0.29, 0.717) is 18.0 Å². The lowest BCUT2D eigenvalue weighted by Crippen LogP contribution is -2.58. The number of hydrogen-bond donors (Lipinski definition) is 1. The van der Waals surface area contributed by atoms with E-state index in [2.05, 4.69) is 46.9 Å². The van der Waals surface area contributed by atoms with Gasteiger partial charge in [0.25, 0.3) is 0 Å². The van der Waals surface area contributed by atoms with E-state index >= 15 is 0 Å². The summed E-state index contributed by atoms with van der Waals surface area (Å²) in [4.78, 5) is 2.56. The largest absolute Gasteiger partial charge is 0.492 e. The maximum absolute atomic E-state index is 5.86. The summed E-state index contributed by atoms with van der Waals surface area (Å²) in [5.74, 6) is 1.60. The Kier molecular flexibility index (Phi) is 5.87. The van der Waals surface area contributed by atoms with Gasteiger partial charge in [0.15, 0.2) is 0 Å². The fourth-order valence-corrected chi connectivity index (χ4v) is 3.13. The Labute approximate surface area is 130 Å². The van der Waals surface area contributed by atoms with Crippen molar-refractivity contribution in [2.75, 3.05) is 26.2 Å². The van der Waals surface area contributed by atoms with Gasteiger partial charge >= 0.3 is 0 Å². The number of hydrogen-bond acceptors (Lipinski definition) is 3. The van der Waals surface area contributed by atoms with Crippen molar-refractivity contribution >= 4 is 15.9 Å². The maximum Gasteiger partial charge on any atom is 0.120 e. The molecule has 0 spiro atoms. The molecule has 1 fully saturated rings. The van der Waals surface area contributed by atoms with Crippen molar-refractivity contribution in [3.8, 4) is 5.75 Å². The highest BCUT2D eigenvalue weighted by molar-refractivity contribution is 9.10. The second-order valence-electron chi connectivity index (χ2n) is 5.92. The van der Waals surface area contributed by atoms with E-state index < -0.39 is 0 Å². The van der Waals surface area contributed by atoms with Gasteiger partial charge in [-0.1, -0.05) is 35.8 Å². The molecule has 2 unspecified atom stereocenters. The Morgan fingerprint density at radius 3 is 2.95 bits per heavy atom. The molecule has 0 bridgehead atoms. The zero-order valence-electron chi connectivity index (χ0n) is 12.6. The molecule has 0 radical (unpaired) electrons. The second-order valence-corrected chi connectivity index (χ2v) is 6.84. The van der Waals surface area contributed by atoms with Gasteiger partial charge in [-0.3, -0.25) is 4.90 Å². The lowest BCUT2D eigenvalue weighted by molar-refractivity contribution is 0.0864. The quantitative estimate of drug-likeness (QED) is 0.891. The molecule has 1 N–H and O–H groups in total. The molecule has 1 aliphatic rings. The van der Waals surface area contributed by atoms with Gasteiger partial charge in [-0.2, -0.15) is 0 Å². The van der Waals surface area contributed by atoms with Crippen LogP contribution in [0.3, 0.4) is 0 Å². The van der Waals surface area contributed by atoms with Crippen LogP contribution in [0, 0.1) is 5.92 Å². The van der Waals surface area contributed by atoms with Crippen molar-refractivity contribution in [2.45, 2.75) is 32.9 Å². The summed E-state index contributed by atoms with van der Waals surface area (Å²) in [6.07, 6.45) is 0. The summed E-state index contributed by atoms with van der Waals surface area (Å²) in [6.45, 7) is 10.8. The third-order valence-corrected chi connectivity index (χ3v) is 4.36. The number of ether oxygens (including phenoxy) is 1. The molecule has 0 saturated carbocycles. The number of piperazine rings is 1. The summed E-state index contributed by atoms with van der Waals surface area (Å²) in [5, 5.41) is 3.57. The van der Waals surface area contributed by atoms with Crippen LogP contribution in [0.5, 0.6) is 5.75 Å².